The van der Waals surface area contributed by atoms with Gasteiger partial charge in [-0.1, -0.05) is 30.3 Å². The maximum absolute atomic E-state index is 13.6. The molecule has 1 aliphatic heterocycles. The van der Waals surface area contributed by atoms with Gasteiger partial charge in [0.15, 0.2) is 12.7 Å². The van der Waals surface area contributed by atoms with Crippen molar-refractivity contribution in [2.45, 2.75) is 76.2 Å². The third-order valence-electron chi connectivity index (χ3n) is 7.17. The maximum atomic E-state index is 13.6. The molecule has 2 aromatic rings. The van der Waals surface area contributed by atoms with Gasteiger partial charge in [0.1, 0.15) is 17.8 Å². The summed E-state index contributed by atoms with van der Waals surface area (Å²) in [4.78, 5) is 65.9. The van der Waals surface area contributed by atoms with E-state index in [9.17, 15) is 29.1 Å². The fourth-order valence-corrected chi connectivity index (χ4v) is 5.00. The average molecular weight is 661 g/mol. The first-order chi connectivity index (χ1) is 21.3. The van der Waals surface area contributed by atoms with Crippen LogP contribution >= 0.6 is 12.4 Å². The summed E-state index contributed by atoms with van der Waals surface area (Å²) in [5, 5.41) is 22.3. The number of hydrogen-bond acceptors (Lipinski definition) is 8. The molecule has 46 heavy (non-hydrogen) atoms. The van der Waals surface area contributed by atoms with Gasteiger partial charge in [-0.2, -0.15) is 0 Å². The number of carbonyl (C=O) groups is 5. The van der Waals surface area contributed by atoms with Crippen LogP contribution in [0.2, 0.25) is 0 Å². The number of halogens is 1. The second-order valence-corrected chi connectivity index (χ2v) is 12.0. The molecule has 3 rings (SSSR count). The Balaban J connectivity index is 0.00000736. The minimum absolute atomic E-state index is 0. The van der Waals surface area contributed by atoms with E-state index in [-0.39, 0.29) is 31.3 Å². The topological polar surface area (TPSA) is 192 Å². The molecule has 1 aliphatic rings. The summed E-state index contributed by atoms with van der Waals surface area (Å²) in [7, 11) is 1.77. The van der Waals surface area contributed by atoms with Crippen LogP contribution in [0.4, 0.5) is 5.69 Å². The van der Waals surface area contributed by atoms with Gasteiger partial charge in [0, 0.05) is 24.8 Å². The molecule has 7 N–H and O–H groups in total. The molecule has 0 aliphatic carbocycles. The number of nitrogens with zero attached hydrogens (tertiary/aromatic N) is 1. The van der Waals surface area contributed by atoms with Crippen molar-refractivity contribution in [1.82, 2.24) is 20.9 Å². The second kappa shape index (κ2) is 17.4. The fourth-order valence-electron chi connectivity index (χ4n) is 5.00. The third kappa shape index (κ3) is 11.5. The lowest BCUT2D eigenvalue weighted by molar-refractivity contribution is -0.147. The van der Waals surface area contributed by atoms with Crippen LogP contribution in [-0.2, 0) is 30.4 Å². The number of nitrogens with one attached hydrogen (secondary N) is 4. The molecule has 1 saturated heterocycles. The number of benzene rings is 2. The highest BCUT2D eigenvalue weighted by atomic mass is 35.5. The zero-order valence-corrected chi connectivity index (χ0v) is 27.4. The van der Waals surface area contributed by atoms with Crippen LogP contribution in [0.25, 0.3) is 0 Å². The molecule has 0 aromatic heterocycles. The molecule has 5 amide bonds. The zero-order valence-electron chi connectivity index (χ0n) is 26.6. The Labute approximate surface area is 275 Å². The Hall–Kier alpha value is -4.36. The number of aliphatic hydroxyl groups is 1. The lowest BCUT2D eigenvalue weighted by Crippen LogP contribution is -2.59. The van der Waals surface area contributed by atoms with Gasteiger partial charge in [0.05, 0.1) is 12.5 Å². The van der Waals surface area contributed by atoms with Crippen LogP contribution in [-0.4, -0.2) is 89.5 Å². The molecular weight excluding hydrogens is 616 g/mol. The number of carbonyl (C=O) groups excluding carboxylic acids is 5. The van der Waals surface area contributed by atoms with Crippen molar-refractivity contribution in [2.24, 2.45) is 5.73 Å². The van der Waals surface area contributed by atoms with E-state index in [0.29, 0.717) is 24.2 Å². The van der Waals surface area contributed by atoms with Crippen molar-refractivity contribution in [3.63, 3.8) is 0 Å². The molecule has 0 radical (unpaired) electrons. The lowest BCUT2D eigenvalue weighted by Gasteiger charge is -2.32. The van der Waals surface area contributed by atoms with E-state index in [1.807, 2.05) is 20.8 Å². The first-order valence-electron chi connectivity index (χ1n) is 14.9. The first-order valence-corrected chi connectivity index (χ1v) is 14.9. The fraction of sp³-hybridized carbons (Fsp3) is 0.469. The number of primary amides is 1. The number of aliphatic hydroxyl groups excluding tert-OH is 1. The van der Waals surface area contributed by atoms with Crippen LogP contribution < -0.4 is 31.7 Å². The van der Waals surface area contributed by atoms with Crippen molar-refractivity contribution < 1.29 is 33.8 Å². The number of ether oxygens (including phenoxy) is 1. The number of anilines is 1. The van der Waals surface area contributed by atoms with Crippen LogP contribution in [0.15, 0.2) is 54.6 Å². The summed E-state index contributed by atoms with van der Waals surface area (Å²) in [6, 6.07) is 12.4. The number of rotatable bonds is 14. The highest BCUT2D eigenvalue weighted by molar-refractivity contribution is 5.93. The normalized spacial score (nSPS) is 16.2. The van der Waals surface area contributed by atoms with Gasteiger partial charge in [-0.15, -0.1) is 12.4 Å². The summed E-state index contributed by atoms with van der Waals surface area (Å²) in [6.07, 6.45) is -1.20. The van der Waals surface area contributed by atoms with Crippen LogP contribution in [0, 0.1) is 0 Å². The molecule has 4 atom stereocenters. The molecule has 252 valence electrons. The average Bonchev–Trinajstić information content (AvgIpc) is 3.49. The van der Waals surface area contributed by atoms with Gasteiger partial charge in [-0.3, -0.25) is 24.0 Å². The van der Waals surface area contributed by atoms with E-state index in [2.05, 4.69) is 21.3 Å². The van der Waals surface area contributed by atoms with E-state index >= 15 is 0 Å². The highest BCUT2D eigenvalue weighted by Crippen LogP contribution is 2.21. The smallest absolute Gasteiger partial charge is 0.258 e. The van der Waals surface area contributed by atoms with Crippen molar-refractivity contribution in [3.8, 4) is 5.75 Å². The Bertz CT molecular complexity index is 1340. The van der Waals surface area contributed by atoms with Gasteiger partial charge in [-0.25, -0.2) is 0 Å². The molecule has 0 unspecified atom stereocenters. The molecular formula is C32H45ClN6O7. The molecule has 0 saturated carbocycles. The monoisotopic (exact) mass is 660 g/mol. The predicted molar refractivity (Wildman–Crippen MR) is 175 cm³/mol. The van der Waals surface area contributed by atoms with Crippen LogP contribution in [0.3, 0.4) is 0 Å². The molecule has 0 bridgehead atoms. The van der Waals surface area contributed by atoms with Gasteiger partial charge >= 0.3 is 0 Å². The minimum Gasteiger partial charge on any atom is -0.484 e. The largest absolute Gasteiger partial charge is 0.484 e. The molecule has 0 spiro atoms. The number of amides is 5. The van der Waals surface area contributed by atoms with E-state index in [0.717, 1.165) is 5.69 Å². The van der Waals surface area contributed by atoms with Crippen molar-refractivity contribution in [2.75, 3.05) is 25.5 Å². The number of nitrogens with two attached hydrogens (primary N) is 1. The summed E-state index contributed by atoms with van der Waals surface area (Å²) < 4.78 is 5.49. The maximum Gasteiger partial charge on any atom is 0.258 e. The molecule has 1 fully saturated rings. The predicted octanol–water partition coefficient (Wildman–Crippen LogP) is 0.883. The quantitative estimate of drug-likeness (QED) is 0.172. The summed E-state index contributed by atoms with van der Waals surface area (Å²) in [6.45, 7) is 5.33. The van der Waals surface area contributed by atoms with Crippen molar-refractivity contribution >= 4 is 47.6 Å². The summed E-state index contributed by atoms with van der Waals surface area (Å²) in [5.74, 6) is -2.97. The van der Waals surface area contributed by atoms with E-state index in [1.54, 1.807) is 61.6 Å². The van der Waals surface area contributed by atoms with Crippen molar-refractivity contribution in [3.05, 3.63) is 60.2 Å². The first kappa shape index (κ1) is 37.8. The lowest BCUT2D eigenvalue weighted by atomic mass is 9.99. The molecule has 1 heterocycles. The Morgan fingerprint density at radius 3 is 2.26 bits per heavy atom. The van der Waals surface area contributed by atoms with Gasteiger partial charge < -0.3 is 41.7 Å². The molecule has 14 heteroatoms. The summed E-state index contributed by atoms with van der Waals surface area (Å²) in [5.41, 5.74) is 6.43. The summed E-state index contributed by atoms with van der Waals surface area (Å²) >= 11 is 0. The second-order valence-electron chi connectivity index (χ2n) is 12.0. The minimum atomic E-state index is -1.73. The van der Waals surface area contributed by atoms with Crippen molar-refractivity contribution in [1.29, 1.82) is 0 Å². The Kier molecular flexibility index (Phi) is 14.3. The number of likely N-dealkylation sites (tertiary alicyclic amines) is 1. The van der Waals surface area contributed by atoms with Crippen LogP contribution in [0.5, 0.6) is 5.75 Å². The van der Waals surface area contributed by atoms with Gasteiger partial charge in [0.25, 0.3) is 11.8 Å². The van der Waals surface area contributed by atoms with Gasteiger partial charge in [-0.05, 0) is 69.9 Å². The SMILES string of the molecule is CNc1ccc(OCC(=O)N[C@@H](CC(N)=O)C(=O)N[C@@H](Cc2ccccc2)[C@H](O)C(=O)N2CCC[C@H]2C(=O)NC(C)(C)C)cc1.Cl. The van der Waals surface area contributed by atoms with Gasteiger partial charge in [0.2, 0.25) is 17.7 Å². The third-order valence-corrected chi connectivity index (χ3v) is 7.17. The zero-order chi connectivity index (χ0) is 33.1. The number of hydrogen-bond donors (Lipinski definition) is 6. The van der Waals surface area contributed by atoms with E-state index in [4.69, 9.17) is 10.5 Å². The Morgan fingerprint density at radius 2 is 1.67 bits per heavy atom. The molecule has 13 nitrogen and oxygen atoms in total. The van der Waals surface area contributed by atoms with E-state index in [1.165, 1.54) is 4.90 Å². The highest BCUT2D eigenvalue weighted by Gasteiger charge is 2.40. The van der Waals surface area contributed by atoms with E-state index < -0.39 is 66.4 Å². The Morgan fingerprint density at radius 1 is 1.02 bits per heavy atom. The van der Waals surface area contributed by atoms with Crippen LogP contribution in [0.1, 0.15) is 45.6 Å². The standard InChI is InChI=1S/C32H44N6O7.ClH/c1-32(2,3)37-30(43)25-11-8-16-38(25)31(44)28(41)23(17-20-9-6-5-7-10-20)36-29(42)24(18-26(33)39)35-27(40)19-45-22-14-12-21(34-4)13-15-22;/h5-7,9-10,12-15,23-25,28,34,41H,8,11,16-19H2,1-4H3,(H2,33,39)(H,35,40)(H,36,42)(H,37,43);1H/t23-,24-,25-,28-;/m0./s1. The molecule has 2 aromatic carbocycles.